The minimum Gasteiger partial charge on any atom is -0.396 e. The first kappa shape index (κ1) is 16.1. The topological polar surface area (TPSA) is 52.6 Å². The molecule has 1 fully saturated rings. The minimum absolute atomic E-state index is 0.0208. The van der Waals surface area contributed by atoms with E-state index in [2.05, 4.69) is 12.2 Å². The van der Waals surface area contributed by atoms with Crippen molar-refractivity contribution < 1.29 is 9.90 Å². The molecule has 1 heterocycles. The second-order valence-corrected chi connectivity index (χ2v) is 5.97. The van der Waals surface area contributed by atoms with Crippen molar-refractivity contribution in [3.8, 4) is 0 Å². The first-order chi connectivity index (χ1) is 10.2. The normalized spacial score (nSPS) is 16.0. The number of carbonyl (C=O) groups is 1. The van der Waals surface area contributed by atoms with Gasteiger partial charge >= 0.3 is 0 Å². The van der Waals surface area contributed by atoms with E-state index in [1.165, 1.54) is 0 Å². The molecule has 0 saturated carbocycles. The minimum atomic E-state index is 0.0208. The summed E-state index contributed by atoms with van der Waals surface area (Å²) < 4.78 is 0. The van der Waals surface area contributed by atoms with Crippen molar-refractivity contribution in [3.63, 3.8) is 0 Å². The van der Waals surface area contributed by atoms with E-state index in [-0.39, 0.29) is 12.5 Å². The second kappa shape index (κ2) is 7.66. The maximum atomic E-state index is 12.7. The molecule has 0 aliphatic carbocycles. The molecule has 116 valence electrons. The summed E-state index contributed by atoms with van der Waals surface area (Å²) in [6, 6.07) is 5.40. The van der Waals surface area contributed by atoms with Crippen LogP contribution in [-0.4, -0.2) is 42.2 Å². The number of likely N-dealkylation sites (tertiary alicyclic amines) is 1. The zero-order valence-electron chi connectivity index (χ0n) is 12.4. The van der Waals surface area contributed by atoms with E-state index in [1.807, 2.05) is 11.0 Å². The van der Waals surface area contributed by atoms with E-state index in [4.69, 9.17) is 11.6 Å². The molecular weight excluding hydrogens is 288 g/mol. The molecule has 0 radical (unpaired) electrons. The number of nitrogens with zero attached hydrogens (tertiary/aromatic N) is 1. The van der Waals surface area contributed by atoms with Crippen LogP contribution < -0.4 is 5.32 Å². The van der Waals surface area contributed by atoms with Crippen molar-refractivity contribution in [1.29, 1.82) is 0 Å². The Morgan fingerprint density at radius 1 is 1.43 bits per heavy atom. The number of hydrogen-bond acceptors (Lipinski definition) is 3. The van der Waals surface area contributed by atoms with Crippen LogP contribution in [0.1, 0.15) is 36.5 Å². The van der Waals surface area contributed by atoms with Crippen LogP contribution in [0, 0.1) is 5.92 Å². The molecule has 4 nitrogen and oxygen atoms in total. The van der Waals surface area contributed by atoms with Crippen molar-refractivity contribution in [2.45, 2.75) is 26.2 Å². The highest BCUT2D eigenvalue weighted by Gasteiger charge is 2.24. The Hall–Kier alpha value is -1.26. The van der Waals surface area contributed by atoms with Gasteiger partial charge in [-0.05, 0) is 43.4 Å². The molecule has 0 bridgehead atoms. The van der Waals surface area contributed by atoms with Crippen LogP contribution in [-0.2, 0) is 0 Å². The lowest BCUT2D eigenvalue weighted by Gasteiger charge is -2.31. The van der Waals surface area contributed by atoms with Crippen LogP contribution in [0.25, 0.3) is 0 Å². The number of amides is 1. The summed E-state index contributed by atoms with van der Waals surface area (Å²) in [4.78, 5) is 14.6. The lowest BCUT2D eigenvalue weighted by atomic mass is 9.97. The van der Waals surface area contributed by atoms with E-state index in [0.717, 1.165) is 31.5 Å². The highest BCUT2D eigenvalue weighted by Crippen LogP contribution is 2.25. The highest BCUT2D eigenvalue weighted by atomic mass is 35.5. The molecule has 0 unspecified atom stereocenters. The average Bonchev–Trinajstić information content (AvgIpc) is 2.53. The van der Waals surface area contributed by atoms with Gasteiger partial charge in [-0.1, -0.05) is 18.5 Å². The van der Waals surface area contributed by atoms with Crippen LogP contribution in [0.3, 0.4) is 0 Å². The van der Waals surface area contributed by atoms with Gasteiger partial charge in [-0.25, -0.2) is 0 Å². The first-order valence-corrected chi connectivity index (χ1v) is 7.97. The number of aliphatic hydroxyl groups excluding tert-OH is 1. The SMILES string of the molecule is CCCNc1ccc(Cl)cc1C(=O)N1CCC(CO)CC1. The van der Waals surface area contributed by atoms with Crippen molar-refractivity contribution in [2.24, 2.45) is 5.92 Å². The number of hydrogen-bond donors (Lipinski definition) is 2. The fraction of sp³-hybridized carbons (Fsp3) is 0.562. The Labute approximate surface area is 131 Å². The molecule has 1 aliphatic heterocycles. The van der Waals surface area contributed by atoms with Gasteiger partial charge in [0, 0.05) is 37.0 Å². The quantitative estimate of drug-likeness (QED) is 0.879. The maximum Gasteiger partial charge on any atom is 0.256 e. The van der Waals surface area contributed by atoms with Gasteiger partial charge < -0.3 is 15.3 Å². The van der Waals surface area contributed by atoms with Crippen LogP contribution in [0.15, 0.2) is 18.2 Å². The zero-order valence-corrected chi connectivity index (χ0v) is 13.2. The first-order valence-electron chi connectivity index (χ1n) is 7.59. The Morgan fingerprint density at radius 3 is 2.76 bits per heavy atom. The zero-order chi connectivity index (χ0) is 15.2. The van der Waals surface area contributed by atoms with Gasteiger partial charge in [0.05, 0.1) is 5.56 Å². The van der Waals surface area contributed by atoms with Crippen LogP contribution in [0.5, 0.6) is 0 Å². The smallest absolute Gasteiger partial charge is 0.256 e. The van der Waals surface area contributed by atoms with E-state index in [9.17, 15) is 9.90 Å². The van der Waals surface area contributed by atoms with E-state index >= 15 is 0 Å². The number of carbonyl (C=O) groups excluding carboxylic acids is 1. The van der Waals surface area contributed by atoms with Gasteiger partial charge in [0.15, 0.2) is 0 Å². The number of anilines is 1. The number of nitrogens with one attached hydrogen (secondary N) is 1. The van der Waals surface area contributed by atoms with Gasteiger partial charge in [-0.3, -0.25) is 4.79 Å². The van der Waals surface area contributed by atoms with Gasteiger partial charge in [0.2, 0.25) is 0 Å². The lowest BCUT2D eigenvalue weighted by molar-refractivity contribution is 0.0652. The fourth-order valence-electron chi connectivity index (χ4n) is 2.60. The monoisotopic (exact) mass is 310 g/mol. The predicted molar refractivity (Wildman–Crippen MR) is 85.9 cm³/mol. The molecule has 5 heteroatoms. The number of benzene rings is 1. The summed E-state index contributed by atoms with van der Waals surface area (Å²) in [6.45, 7) is 4.52. The molecule has 0 aromatic heterocycles. The molecule has 1 aromatic rings. The molecule has 1 amide bonds. The van der Waals surface area contributed by atoms with Crippen LogP contribution in [0.4, 0.5) is 5.69 Å². The summed E-state index contributed by atoms with van der Waals surface area (Å²) in [5.74, 6) is 0.346. The fourth-order valence-corrected chi connectivity index (χ4v) is 2.77. The van der Waals surface area contributed by atoms with Gasteiger partial charge in [-0.2, -0.15) is 0 Å². The van der Waals surface area contributed by atoms with E-state index < -0.39 is 0 Å². The van der Waals surface area contributed by atoms with E-state index in [1.54, 1.807) is 12.1 Å². The standard InChI is InChI=1S/C16H23ClN2O2/c1-2-7-18-15-4-3-13(17)10-14(15)16(21)19-8-5-12(11-20)6-9-19/h3-4,10,12,18,20H,2,5-9,11H2,1H3. The van der Waals surface area contributed by atoms with Crippen molar-refractivity contribution >= 4 is 23.2 Å². The Kier molecular flexibility index (Phi) is 5.88. The van der Waals surface area contributed by atoms with Gasteiger partial charge in [-0.15, -0.1) is 0 Å². The second-order valence-electron chi connectivity index (χ2n) is 5.53. The molecule has 1 aromatic carbocycles. The number of halogens is 1. The maximum absolute atomic E-state index is 12.7. The summed E-state index contributed by atoms with van der Waals surface area (Å²) in [5, 5.41) is 13.0. The van der Waals surface area contributed by atoms with Gasteiger partial charge in [0.1, 0.15) is 0 Å². The molecule has 1 saturated heterocycles. The molecule has 0 atom stereocenters. The summed E-state index contributed by atoms with van der Waals surface area (Å²) in [5.41, 5.74) is 1.48. The summed E-state index contributed by atoms with van der Waals surface area (Å²) in [7, 11) is 0. The third kappa shape index (κ3) is 4.11. The van der Waals surface area contributed by atoms with Crippen molar-refractivity contribution in [1.82, 2.24) is 4.90 Å². The van der Waals surface area contributed by atoms with Crippen molar-refractivity contribution in [3.05, 3.63) is 28.8 Å². The summed E-state index contributed by atoms with van der Waals surface area (Å²) in [6.07, 6.45) is 2.72. The molecule has 0 spiro atoms. The third-order valence-corrected chi connectivity index (χ3v) is 4.17. The average molecular weight is 311 g/mol. The number of piperidine rings is 1. The Morgan fingerprint density at radius 2 is 2.14 bits per heavy atom. The summed E-state index contributed by atoms with van der Waals surface area (Å²) >= 11 is 6.05. The van der Waals surface area contributed by atoms with Crippen LogP contribution in [0.2, 0.25) is 5.02 Å². The molecule has 21 heavy (non-hydrogen) atoms. The van der Waals surface area contributed by atoms with Crippen LogP contribution >= 0.6 is 11.6 Å². The Balaban J connectivity index is 2.12. The largest absolute Gasteiger partial charge is 0.396 e. The molecule has 2 N–H and O–H groups in total. The lowest BCUT2D eigenvalue weighted by Crippen LogP contribution is -2.39. The Bertz CT molecular complexity index is 485. The highest BCUT2D eigenvalue weighted by molar-refractivity contribution is 6.31. The third-order valence-electron chi connectivity index (χ3n) is 3.94. The number of rotatable bonds is 5. The molecular formula is C16H23ClN2O2. The molecule has 1 aliphatic rings. The van der Waals surface area contributed by atoms with Crippen molar-refractivity contribution in [2.75, 3.05) is 31.6 Å². The molecule has 2 rings (SSSR count). The number of aliphatic hydroxyl groups is 1. The predicted octanol–water partition coefficient (Wildman–Crippen LogP) is 3.01. The van der Waals surface area contributed by atoms with Gasteiger partial charge in [0.25, 0.3) is 5.91 Å². The van der Waals surface area contributed by atoms with E-state index in [0.29, 0.717) is 29.6 Å².